The highest BCUT2D eigenvalue weighted by atomic mass is 32.2. The Hall–Kier alpha value is -1.11. The Morgan fingerprint density at radius 3 is 2.14 bits per heavy atom. The molecule has 2 N–H and O–H groups in total. The van der Waals surface area contributed by atoms with E-state index in [4.69, 9.17) is 4.74 Å². The number of aliphatic hydroxyl groups excluding tert-OH is 1. The van der Waals surface area contributed by atoms with Crippen molar-refractivity contribution in [2.75, 3.05) is 7.11 Å². The van der Waals surface area contributed by atoms with E-state index < -0.39 is 10.0 Å². The Morgan fingerprint density at radius 2 is 1.67 bits per heavy atom. The third-order valence-electron chi connectivity index (χ3n) is 3.96. The number of rotatable bonds is 4. The maximum atomic E-state index is 12.6. The number of aliphatic hydroxyl groups is 1. The Kier molecular flexibility index (Phi) is 4.91. The Morgan fingerprint density at radius 1 is 1.14 bits per heavy atom. The smallest absolute Gasteiger partial charge is 0.241 e. The van der Waals surface area contributed by atoms with Gasteiger partial charge in [-0.3, -0.25) is 0 Å². The molecule has 1 fully saturated rings. The molecule has 0 spiro atoms. The van der Waals surface area contributed by atoms with Crippen LogP contribution in [0.4, 0.5) is 0 Å². The van der Waals surface area contributed by atoms with Crippen molar-refractivity contribution in [3.8, 4) is 5.75 Å². The van der Waals surface area contributed by atoms with Crippen molar-refractivity contribution in [3.05, 3.63) is 23.3 Å². The van der Waals surface area contributed by atoms with E-state index in [1.54, 1.807) is 33.1 Å². The highest BCUT2D eigenvalue weighted by Crippen LogP contribution is 2.27. The molecule has 1 saturated carbocycles. The monoisotopic (exact) mass is 313 g/mol. The molecular weight excluding hydrogens is 290 g/mol. The van der Waals surface area contributed by atoms with E-state index in [-0.39, 0.29) is 12.1 Å². The normalized spacial score (nSPS) is 23.0. The lowest BCUT2D eigenvalue weighted by molar-refractivity contribution is 0.120. The number of ether oxygens (including phenoxy) is 1. The molecule has 0 radical (unpaired) electrons. The number of methoxy groups -OCH3 is 1. The van der Waals surface area contributed by atoms with Gasteiger partial charge in [-0.25, -0.2) is 13.1 Å². The van der Waals surface area contributed by atoms with Crippen LogP contribution in [0.1, 0.15) is 36.8 Å². The van der Waals surface area contributed by atoms with E-state index >= 15 is 0 Å². The zero-order valence-electron chi connectivity index (χ0n) is 12.7. The van der Waals surface area contributed by atoms with Crippen LogP contribution in [0, 0.1) is 13.8 Å². The summed E-state index contributed by atoms with van der Waals surface area (Å²) >= 11 is 0. The molecule has 0 saturated heterocycles. The molecule has 1 aromatic rings. The van der Waals surface area contributed by atoms with Gasteiger partial charge in [-0.15, -0.1) is 0 Å². The standard InChI is InChI=1S/C15H23NO4S/c1-10-8-14(20-3)9-11(2)15(10)21(18,19)16-12-4-6-13(17)7-5-12/h8-9,12-13,16-17H,4-7H2,1-3H3. The number of sulfonamides is 1. The van der Waals surface area contributed by atoms with Crippen LogP contribution in [0.2, 0.25) is 0 Å². The van der Waals surface area contributed by atoms with Crippen LogP contribution in [0.3, 0.4) is 0 Å². The van der Waals surface area contributed by atoms with Crippen molar-refractivity contribution in [1.82, 2.24) is 4.72 Å². The summed E-state index contributed by atoms with van der Waals surface area (Å²) in [6.45, 7) is 3.55. The SMILES string of the molecule is COc1cc(C)c(S(=O)(=O)NC2CCC(O)CC2)c(C)c1. The maximum Gasteiger partial charge on any atom is 0.241 e. The molecule has 1 aromatic carbocycles. The number of benzene rings is 1. The van der Waals surface area contributed by atoms with E-state index in [9.17, 15) is 13.5 Å². The maximum absolute atomic E-state index is 12.6. The van der Waals surface area contributed by atoms with Crippen molar-refractivity contribution >= 4 is 10.0 Å². The van der Waals surface area contributed by atoms with Crippen LogP contribution in [-0.4, -0.2) is 32.8 Å². The Labute approximate surface area is 126 Å². The molecule has 1 aliphatic rings. The molecule has 5 nitrogen and oxygen atoms in total. The molecule has 21 heavy (non-hydrogen) atoms. The van der Waals surface area contributed by atoms with Gasteiger partial charge >= 0.3 is 0 Å². The lowest BCUT2D eigenvalue weighted by atomic mass is 9.94. The molecule has 0 aromatic heterocycles. The summed E-state index contributed by atoms with van der Waals surface area (Å²) in [6.07, 6.45) is 2.35. The Balaban J connectivity index is 2.24. The fourth-order valence-electron chi connectivity index (χ4n) is 2.92. The van der Waals surface area contributed by atoms with Gasteiger partial charge in [-0.1, -0.05) is 0 Å². The van der Waals surface area contributed by atoms with E-state index in [1.807, 2.05) is 0 Å². The predicted molar refractivity (Wildman–Crippen MR) is 81.1 cm³/mol. The third kappa shape index (κ3) is 3.75. The van der Waals surface area contributed by atoms with E-state index in [1.165, 1.54) is 0 Å². The van der Waals surface area contributed by atoms with Crippen LogP contribution in [-0.2, 0) is 10.0 Å². The summed E-state index contributed by atoms with van der Waals surface area (Å²) in [5.74, 6) is 0.657. The zero-order chi connectivity index (χ0) is 15.6. The molecule has 0 aliphatic heterocycles. The zero-order valence-corrected chi connectivity index (χ0v) is 13.5. The molecule has 1 aliphatic carbocycles. The van der Waals surface area contributed by atoms with Gasteiger partial charge in [0.05, 0.1) is 18.1 Å². The van der Waals surface area contributed by atoms with Gasteiger partial charge in [0.15, 0.2) is 0 Å². The van der Waals surface area contributed by atoms with Crippen molar-refractivity contribution in [2.45, 2.75) is 56.6 Å². The minimum atomic E-state index is -3.55. The van der Waals surface area contributed by atoms with Gasteiger partial charge < -0.3 is 9.84 Å². The lowest BCUT2D eigenvalue weighted by Crippen LogP contribution is -2.39. The molecule has 2 rings (SSSR count). The first-order chi connectivity index (χ1) is 9.83. The van der Waals surface area contributed by atoms with Gasteiger partial charge in [-0.2, -0.15) is 0 Å². The Bertz CT molecular complexity index is 581. The number of nitrogens with one attached hydrogen (secondary N) is 1. The van der Waals surface area contributed by atoms with Crippen LogP contribution >= 0.6 is 0 Å². The average Bonchev–Trinajstić information content (AvgIpc) is 2.39. The topological polar surface area (TPSA) is 75.6 Å². The van der Waals surface area contributed by atoms with E-state index in [2.05, 4.69) is 4.72 Å². The van der Waals surface area contributed by atoms with Crippen molar-refractivity contribution in [3.63, 3.8) is 0 Å². The summed E-state index contributed by atoms with van der Waals surface area (Å²) in [5, 5.41) is 9.50. The van der Waals surface area contributed by atoms with Crippen molar-refractivity contribution in [1.29, 1.82) is 0 Å². The van der Waals surface area contributed by atoms with Gasteiger partial charge in [0, 0.05) is 6.04 Å². The second kappa shape index (κ2) is 6.34. The van der Waals surface area contributed by atoms with Gasteiger partial charge in [-0.05, 0) is 62.8 Å². The minimum Gasteiger partial charge on any atom is -0.497 e. The fourth-order valence-corrected chi connectivity index (χ4v) is 4.68. The number of hydrogen-bond donors (Lipinski definition) is 2. The average molecular weight is 313 g/mol. The molecule has 6 heteroatoms. The minimum absolute atomic E-state index is 0.0979. The van der Waals surface area contributed by atoms with Crippen molar-refractivity contribution in [2.24, 2.45) is 0 Å². The highest BCUT2D eigenvalue weighted by Gasteiger charge is 2.27. The summed E-state index contributed by atoms with van der Waals surface area (Å²) in [7, 11) is -1.99. The number of aryl methyl sites for hydroxylation is 2. The number of hydrogen-bond acceptors (Lipinski definition) is 4. The van der Waals surface area contributed by atoms with E-state index in [0.717, 1.165) is 0 Å². The summed E-state index contributed by atoms with van der Waals surface area (Å²) in [5.41, 5.74) is 1.35. The van der Waals surface area contributed by atoms with Gasteiger partial charge in [0.1, 0.15) is 5.75 Å². The van der Waals surface area contributed by atoms with Gasteiger partial charge in [0.2, 0.25) is 10.0 Å². The molecular formula is C15H23NO4S. The summed E-state index contributed by atoms with van der Waals surface area (Å²) < 4.78 is 33.2. The second-order valence-electron chi connectivity index (χ2n) is 5.72. The highest BCUT2D eigenvalue weighted by molar-refractivity contribution is 7.89. The molecule has 118 valence electrons. The second-order valence-corrected chi connectivity index (χ2v) is 7.37. The van der Waals surface area contributed by atoms with Crippen molar-refractivity contribution < 1.29 is 18.3 Å². The predicted octanol–water partition coefficient (Wildman–Crippen LogP) is 1.89. The molecule has 0 amide bonds. The molecule has 0 bridgehead atoms. The molecule has 0 heterocycles. The van der Waals surface area contributed by atoms with E-state index in [0.29, 0.717) is 47.5 Å². The first-order valence-electron chi connectivity index (χ1n) is 7.19. The van der Waals surface area contributed by atoms with Crippen LogP contribution in [0.5, 0.6) is 5.75 Å². The fraction of sp³-hybridized carbons (Fsp3) is 0.600. The largest absolute Gasteiger partial charge is 0.497 e. The first-order valence-corrected chi connectivity index (χ1v) is 8.67. The quantitative estimate of drug-likeness (QED) is 0.890. The molecule has 0 unspecified atom stereocenters. The molecule has 0 atom stereocenters. The third-order valence-corrected chi connectivity index (χ3v) is 5.78. The lowest BCUT2D eigenvalue weighted by Gasteiger charge is -2.26. The van der Waals surface area contributed by atoms with Crippen LogP contribution in [0.25, 0.3) is 0 Å². The van der Waals surface area contributed by atoms with Crippen LogP contribution in [0.15, 0.2) is 17.0 Å². The first kappa shape index (κ1) is 16.3. The van der Waals surface area contributed by atoms with Crippen LogP contribution < -0.4 is 9.46 Å². The van der Waals surface area contributed by atoms with Gasteiger partial charge in [0.25, 0.3) is 0 Å². The summed E-state index contributed by atoms with van der Waals surface area (Å²) in [4.78, 5) is 0.328. The summed E-state index contributed by atoms with van der Waals surface area (Å²) in [6, 6.07) is 3.36.